The maximum Gasteiger partial charge on any atom is 0.337 e. The zero-order valence-electron chi connectivity index (χ0n) is 11.8. The van der Waals surface area contributed by atoms with E-state index in [2.05, 4.69) is 8.92 Å². The SMILES string of the molecule is CCOC(=O)C(CS(=O)(=O)N1CCOCC1)OS(C)(=O)=O. The van der Waals surface area contributed by atoms with Crippen LogP contribution in [0, 0.1) is 0 Å². The fraction of sp³-hybridized carbons (Fsp3) is 0.900. The first-order valence-electron chi connectivity index (χ1n) is 6.26. The van der Waals surface area contributed by atoms with Crippen LogP contribution in [0.15, 0.2) is 0 Å². The van der Waals surface area contributed by atoms with Crippen LogP contribution in [0.3, 0.4) is 0 Å². The maximum atomic E-state index is 12.2. The van der Waals surface area contributed by atoms with Gasteiger partial charge in [0.15, 0.2) is 6.10 Å². The van der Waals surface area contributed by atoms with Gasteiger partial charge >= 0.3 is 5.97 Å². The van der Waals surface area contributed by atoms with E-state index in [-0.39, 0.29) is 32.9 Å². The number of hydrogen-bond acceptors (Lipinski definition) is 8. The van der Waals surface area contributed by atoms with Gasteiger partial charge in [-0.1, -0.05) is 0 Å². The van der Waals surface area contributed by atoms with Gasteiger partial charge in [-0.2, -0.15) is 12.7 Å². The van der Waals surface area contributed by atoms with Crippen molar-refractivity contribution in [2.45, 2.75) is 13.0 Å². The largest absolute Gasteiger partial charge is 0.464 e. The van der Waals surface area contributed by atoms with Gasteiger partial charge in [-0.15, -0.1) is 0 Å². The van der Waals surface area contributed by atoms with E-state index >= 15 is 0 Å². The molecule has 0 radical (unpaired) electrons. The Kier molecular flexibility index (Phi) is 6.53. The summed E-state index contributed by atoms with van der Waals surface area (Å²) >= 11 is 0. The maximum absolute atomic E-state index is 12.2. The summed E-state index contributed by atoms with van der Waals surface area (Å²) in [5, 5.41) is 0. The minimum absolute atomic E-state index is 0.0138. The molecule has 124 valence electrons. The van der Waals surface area contributed by atoms with Crippen molar-refractivity contribution in [1.82, 2.24) is 4.31 Å². The highest BCUT2D eigenvalue weighted by molar-refractivity contribution is 7.89. The van der Waals surface area contributed by atoms with Gasteiger partial charge < -0.3 is 9.47 Å². The number of ether oxygens (including phenoxy) is 2. The molecule has 1 fully saturated rings. The first kappa shape index (κ1) is 18.3. The number of nitrogens with zero attached hydrogens (tertiary/aromatic N) is 1. The summed E-state index contributed by atoms with van der Waals surface area (Å²) in [5.74, 6) is -1.82. The van der Waals surface area contributed by atoms with E-state index in [1.165, 1.54) is 6.92 Å². The van der Waals surface area contributed by atoms with Crippen molar-refractivity contribution in [2.75, 3.05) is 44.9 Å². The number of carbonyl (C=O) groups is 1. The molecule has 0 aromatic heterocycles. The van der Waals surface area contributed by atoms with Gasteiger partial charge in [0.25, 0.3) is 10.1 Å². The van der Waals surface area contributed by atoms with Gasteiger partial charge in [-0.25, -0.2) is 13.2 Å². The highest BCUT2D eigenvalue weighted by Crippen LogP contribution is 2.11. The van der Waals surface area contributed by atoms with E-state index in [1.807, 2.05) is 0 Å². The smallest absolute Gasteiger partial charge is 0.337 e. The molecule has 0 aromatic carbocycles. The fourth-order valence-corrected chi connectivity index (χ4v) is 3.86. The summed E-state index contributed by atoms with van der Waals surface area (Å²) in [6, 6.07) is 0. The van der Waals surface area contributed by atoms with Gasteiger partial charge in [-0.3, -0.25) is 4.18 Å². The second-order valence-corrected chi connectivity index (χ2v) is 7.95. The molecule has 0 N–H and O–H groups in total. The molecular weight excluding hydrogens is 326 g/mol. The summed E-state index contributed by atoms with van der Waals surface area (Å²) in [6.45, 7) is 2.30. The number of esters is 1. The zero-order valence-corrected chi connectivity index (χ0v) is 13.5. The topological polar surface area (TPSA) is 116 Å². The van der Waals surface area contributed by atoms with Crippen molar-refractivity contribution >= 4 is 26.1 Å². The van der Waals surface area contributed by atoms with Gasteiger partial charge in [0.1, 0.15) is 5.75 Å². The van der Waals surface area contributed by atoms with Gasteiger partial charge in [0.2, 0.25) is 10.0 Å². The van der Waals surface area contributed by atoms with E-state index in [0.29, 0.717) is 0 Å². The molecule has 0 spiro atoms. The van der Waals surface area contributed by atoms with Gasteiger partial charge in [0, 0.05) is 13.1 Å². The predicted octanol–water partition coefficient (Wildman–Crippen LogP) is -1.44. The fourth-order valence-electron chi connectivity index (χ4n) is 1.70. The average Bonchev–Trinajstić information content (AvgIpc) is 2.37. The molecule has 1 aliphatic rings. The van der Waals surface area contributed by atoms with Crippen molar-refractivity contribution in [1.29, 1.82) is 0 Å². The number of rotatable bonds is 7. The van der Waals surface area contributed by atoms with E-state index in [1.54, 1.807) is 0 Å². The van der Waals surface area contributed by atoms with Crippen LogP contribution in [-0.4, -0.2) is 78.1 Å². The van der Waals surface area contributed by atoms with Crippen LogP contribution < -0.4 is 0 Å². The molecule has 11 heteroatoms. The molecule has 1 heterocycles. The van der Waals surface area contributed by atoms with Crippen LogP contribution in [0.25, 0.3) is 0 Å². The van der Waals surface area contributed by atoms with Crippen molar-refractivity contribution in [3.63, 3.8) is 0 Å². The van der Waals surface area contributed by atoms with Crippen molar-refractivity contribution in [3.05, 3.63) is 0 Å². The number of carbonyl (C=O) groups excluding carboxylic acids is 1. The van der Waals surface area contributed by atoms with Gasteiger partial charge in [0.05, 0.1) is 26.1 Å². The third-order valence-corrected chi connectivity index (χ3v) is 5.02. The predicted molar refractivity (Wildman–Crippen MR) is 72.5 cm³/mol. The van der Waals surface area contributed by atoms with Crippen molar-refractivity contribution in [2.24, 2.45) is 0 Å². The molecule has 1 atom stereocenters. The Hall–Kier alpha value is -0.750. The third kappa shape index (κ3) is 6.26. The standard InChI is InChI=1S/C10H19NO8S2/c1-3-18-10(12)9(19-20(2,13)14)8-21(15,16)11-4-6-17-7-5-11/h9H,3-8H2,1-2H3. The first-order valence-corrected chi connectivity index (χ1v) is 9.68. The lowest BCUT2D eigenvalue weighted by atomic mass is 10.4. The molecule has 0 aromatic rings. The minimum atomic E-state index is -4.00. The summed E-state index contributed by atoms with van der Waals surface area (Å²) < 4.78 is 62.0. The molecule has 21 heavy (non-hydrogen) atoms. The average molecular weight is 345 g/mol. The Morgan fingerprint density at radius 2 is 1.81 bits per heavy atom. The molecule has 0 saturated carbocycles. The highest BCUT2D eigenvalue weighted by atomic mass is 32.2. The van der Waals surface area contributed by atoms with Crippen molar-refractivity contribution in [3.8, 4) is 0 Å². The summed E-state index contributed by atoms with van der Waals surface area (Å²) in [5.41, 5.74) is 0. The molecule has 9 nitrogen and oxygen atoms in total. The molecule has 1 saturated heterocycles. The Labute approximate surface area is 124 Å². The molecule has 0 amide bonds. The quantitative estimate of drug-likeness (QED) is 0.407. The Balaban J connectivity index is 2.85. The normalized spacial score (nSPS) is 19.1. The number of sulfonamides is 1. The Morgan fingerprint density at radius 1 is 1.24 bits per heavy atom. The molecule has 1 aliphatic heterocycles. The highest BCUT2D eigenvalue weighted by Gasteiger charge is 2.34. The molecule has 0 aliphatic carbocycles. The third-order valence-electron chi connectivity index (χ3n) is 2.57. The van der Waals surface area contributed by atoms with E-state index < -0.39 is 38.0 Å². The lowest BCUT2D eigenvalue weighted by Crippen LogP contribution is -2.46. The van der Waals surface area contributed by atoms with Crippen molar-refractivity contribution < 1.29 is 35.3 Å². The van der Waals surface area contributed by atoms with Crippen LogP contribution in [-0.2, 0) is 38.6 Å². The second-order valence-electron chi connectivity index (χ2n) is 4.33. The lowest BCUT2D eigenvalue weighted by molar-refractivity contribution is -0.150. The van der Waals surface area contributed by atoms with Crippen LogP contribution in [0.4, 0.5) is 0 Å². The molecule has 0 bridgehead atoms. The molecule has 1 rings (SSSR count). The molecular formula is C10H19NO8S2. The second kappa shape index (κ2) is 7.49. The van der Waals surface area contributed by atoms with Crippen LogP contribution in [0.2, 0.25) is 0 Å². The van der Waals surface area contributed by atoms with Crippen LogP contribution >= 0.6 is 0 Å². The summed E-state index contributed by atoms with van der Waals surface area (Å²) in [6.07, 6.45) is -0.978. The van der Waals surface area contributed by atoms with E-state index in [9.17, 15) is 21.6 Å². The first-order chi connectivity index (χ1) is 9.65. The summed E-state index contributed by atoms with van der Waals surface area (Å²) in [7, 11) is -7.85. The Morgan fingerprint density at radius 3 is 2.29 bits per heavy atom. The van der Waals surface area contributed by atoms with Gasteiger partial charge in [-0.05, 0) is 6.92 Å². The number of morpholine rings is 1. The molecule has 1 unspecified atom stereocenters. The number of hydrogen-bond donors (Lipinski definition) is 0. The van der Waals surface area contributed by atoms with Crippen LogP contribution in [0.5, 0.6) is 0 Å². The van der Waals surface area contributed by atoms with E-state index in [0.717, 1.165) is 10.6 Å². The summed E-state index contributed by atoms with van der Waals surface area (Å²) in [4.78, 5) is 11.7. The monoisotopic (exact) mass is 345 g/mol. The lowest BCUT2D eigenvalue weighted by Gasteiger charge is -2.27. The zero-order chi connectivity index (χ0) is 16.1. The van der Waals surface area contributed by atoms with Crippen LogP contribution in [0.1, 0.15) is 6.92 Å². The Bertz CT molecular complexity index is 550. The van der Waals surface area contributed by atoms with E-state index in [4.69, 9.17) is 4.74 Å². The minimum Gasteiger partial charge on any atom is -0.464 e.